The smallest absolute Gasteiger partial charge is 0.252 e. The number of thiazole rings is 1. The van der Waals surface area contributed by atoms with E-state index >= 15 is 0 Å². The van der Waals surface area contributed by atoms with Gasteiger partial charge < -0.3 is 4.57 Å². The molecule has 28 heavy (non-hydrogen) atoms. The number of nitrogens with zero attached hydrogens (tertiary/aromatic N) is 2. The third-order valence-electron chi connectivity index (χ3n) is 4.99. The third-order valence-corrected chi connectivity index (χ3v) is 6.03. The molecule has 4 rings (SSSR count). The van der Waals surface area contributed by atoms with Crippen LogP contribution in [0.2, 0.25) is 0 Å². The number of carbonyl (C=O) groups is 1. The van der Waals surface area contributed by atoms with Crippen molar-refractivity contribution in [2.75, 3.05) is 0 Å². The summed E-state index contributed by atoms with van der Waals surface area (Å²) >= 11 is 1.51. The lowest BCUT2D eigenvalue weighted by atomic mass is 10.0. The molecule has 0 spiro atoms. The second-order valence-electron chi connectivity index (χ2n) is 6.90. The molecule has 0 bridgehead atoms. The minimum atomic E-state index is -0.165. The SMILES string of the molecule is C#CCn1c(=NC(=O)Cc2cccc3ccccc23)sc2cc(C)c(C)cc21. The molecule has 0 aliphatic heterocycles. The first-order valence-electron chi connectivity index (χ1n) is 9.15. The molecule has 1 aromatic heterocycles. The van der Waals surface area contributed by atoms with Gasteiger partial charge in [0.25, 0.3) is 5.91 Å². The number of aromatic nitrogens is 1. The van der Waals surface area contributed by atoms with E-state index in [1.54, 1.807) is 0 Å². The highest BCUT2D eigenvalue weighted by Gasteiger charge is 2.10. The van der Waals surface area contributed by atoms with Gasteiger partial charge in [0.15, 0.2) is 4.80 Å². The van der Waals surface area contributed by atoms with Crippen LogP contribution in [-0.4, -0.2) is 10.5 Å². The maximum atomic E-state index is 12.8. The molecular formula is C24H20N2OS. The monoisotopic (exact) mass is 384 g/mol. The summed E-state index contributed by atoms with van der Waals surface area (Å²) in [5.41, 5.74) is 4.44. The summed E-state index contributed by atoms with van der Waals surface area (Å²) in [6.07, 6.45) is 5.84. The summed E-state index contributed by atoms with van der Waals surface area (Å²) in [7, 11) is 0. The summed E-state index contributed by atoms with van der Waals surface area (Å²) < 4.78 is 3.04. The minimum Gasteiger partial charge on any atom is -0.305 e. The zero-order chi connectivity index (χ0) is 19.7. The van der Waals surface area contributed by atoms with Crippen molar-refractivity contribution >= 4 is 38.2 Å². The number of hydrogen-bond donors (Lipinski definition) is 0. The lowest BCUT2D eigenvalue weighted by Crippen LogP contribution is -2.17. The maximum absolute atomic E-state index is 12.8. The number of benzene rings is 3. The van der Waals surface area contributed by atoms with Crippen LogP contribution in [0, 0.1) is 26.2 Å². The van der Waals surface area contributed by atoms with Crippen LogP contribution in [0.15, 0.2) is 59.6 Å². The average molecular weight is 385 g/mol. The van der Waals surface area contributed by atoms with E-state index in [-0.39, 0.29) is 12.3 Å². The lowest BCUT2D eigenvalue weighted by Gasteiger charge is -2.04. The molecule has 0 N–H and O–H groups in total. The predicted octanol–water partition coefficient (Wildman–Crippen LogP) is 4.78. The fraction of sp³-hybridized carbons (Fsp3) is 0.167. The first kappa shape index (κ1) is 18.2. The molecule has 0 aliphatic carbocycles. The second kappa shape index (κ2) is 7.46. The number of hydrogen-bond acceptors (Lipinski definition) is 2. The number of rotatable bonds is 3. The molecule has 4 aromatic rings. The van der Waals surface area contributed by atoms with Gasteiger partial charge in [-0.15, -0.1) is 6.42 Å². The topological polar surface area (TPSA) is 34.4 Å². The van der Waals surface area contributed by atoms with Crippen molar-refractivity contribution in [2.45, 2.75) is 26.8 Å². The molecule has 0 radical (unpaired) electrons. The Morgan fingerprint density at radius 3 is 2.68 bits per heavy atom. The van der Waals surface area contributed by atoms with E-state index in [4.69, 9.17) is 6.42 Å². The molecule has 0 saturated carbocycles. The van der Waals surface area contributed by atoms with E-state index in [1.807, 2.05) is 34.9 Å². The largest absolute Gasteiger partial charge is 0.305 e. The summed E-state index contributed by atoms with van der Waals surface area (Å²) in [6.45, 7) is 4.56. The van der Waals surface area contributed by atoms with Gasteiger partial charge in [0.2, 0.25) is 0 Å². The highest BCUT2D eigenvalue weighted by Crippen LogP contribution is 2.22. The summed E-state index contributed by atoms with van der Waals surface area (Å²) in [4.78, 5) is 17.8. The number of fused-ring (bicyclic) bond motifs is 2. The normalized spacial score (nSPS) is 11.8. The summed E-state index contributed by atoms with van der Waals surface area (Å²) in [6, 6.07) is 18.4. The Morgan fingerprint density at radius 1 is 1.11 bits per heavy atom. The zero-order valence-corrected chi connectivity index (χ0v) is 16.7. The molecule has 1 amide bonds. The highest BCUT2D eigenvalue weighted by molar-refractivity contribution is 7.16. The van der Waals surface area contributed by atoms with Gasteiger partial charge in [-0.1, -0.05) is 59.7 Å². The van der Waals surface area contributed by atoms with Crippen LogP contribution in [-0.2, 0) is 17.8 Å². The molecule has 0 saturated heterocycles. The molecular weight excluding hydrogens is 364 g/mol. The molecule has 0 aliphatic rings. The molecule has 0 unspecified atom stereocenters. The minimum absolute atomic E-state index is 0.165. The first-order valence-corrected chi connectivity index (χ1v) is 9.96. The Kier molecular flexibility index (Phi) is 4.85. The van der Waals surface area contributed by atoms with Crippen LogP contribution >= 0.6 is 11.3 Å². The number of terminal acetylenes is 1. The van der Waals surface area contributed by atoms with Gasteiger partial charge in [-0.3, -0.25) is 4.79 Å². The highest BCUT2D eigenvalue weighted by atomic mass is 32.1. The number of aryl methyl sites for hydroxylation is 2. The fourth-order valence-corrected chi connectivity index (χ4v) is 4.53. The van der Waals surface area contributed by atoms with E-state index in [0.717, 1.165) is 26.6 Å². The van der Waals surface area contributed by atoms with Crippen molar-refractivity contribution in [1.82, 2.24) is 4.57 Å². The van der Waals surface area contributed by atoms with Gasteiger partial charge in [-0.2, -0.15) is 4.99 Å². The zero-order valence-electron chi connectivity index (χ0n) is 15.9. The Labute approximate surface area is 168 Å². The van der Waals surface area contributed by atoms with Crippen molar-refractivity contribution in [3.05, 3.63) is 76.1 Å². The average Bonchev–Trinajstić information content (AvgIpc) is 2.99. The van der Waals surface area contributed by atoms with Crippen molar-refractivity contribution in [3.63, 3.8) is 0 Å². The Hall–Kier alpha value is -3.16. The van der Waals surface area contributed by atoms with Crippen molar-refractivity contribution in [1.29, 1.82) is 0 Å². The van der Waals surface area contributed by atoms with Gasteiger partial charge in [-0.25, -0.2) is 0 Å². The van der Waals surface area contributed by atoms with Crippen LogP contribution in [0.25, 0.3) is 21.0 Å². The molecule has 138 valence electrons. The Bertz CT molecular complexity index is 1310. The van der Waals surface area contributed by atoms with Crippen molar-refractivity contribution in [2.24, 2.45) is 4.99 Å². The van der Waals surface area contributed by atoms with Gasteiger partial charge in [0, 0.05) is 0 Å². The van der Waals surface area contributed by atoms with Crippen LogP contribution in [0.5, 0.6) is 0 Å². The first-order chi connectivity index (χ1) is 13.6. The van der Waals surface area contributed by atoms with Crippen LogP contribution in [0.4, 0.5) is 0 Å². The van der Waals surface area contributed by atoms with Gasteiger partial charge in [0.1, 0.15) is 0 Å². The van der Waals surface area contributed by atoms with E-state index in [9.17, 15) is 4.79 Å². The van der Waals surface area contributed by atoms with Gasteiger partial charge in [0.05, 0.1) is 23.2 Å². The molecule has 4 heteroatoms. The number of amides is 1. The lowest BCUT2D eigenvalue weighted by molar-refractivity contribution is -0.117. The molecule has 3 nitrogen and oxygen atoms in total. The molecule has 0 atom stereocenters. The van der Waals surface area contributed by atoms with Gasteiger partial charge >= 0.3 is 0 Å². The van der Waals surface area contributed by atoms with Crippen molar-refractivity contribution in [3.8, 4) is 12.3 Å². The van der Waals surface area contributed by atoms with E-state index in [2.05, 4.69) is 49.0 Å². The second-order valence-corrected chi connectivity index (χ2v) is 7.91. The van der Waals surface area contributed by atoms with Gasteiger partial charge in [-0.05, 0) is 53.4 Å². The third kappa shape index (κ3) is 3.37. The van der Waals surface area contributed by atoms with E-state index < -0.39 is 0 Å². The summed E-state index contributed by atoms with van der Waals surface area (Å²) in [5.74, 6) is 2.52. The Morgan fingerprint density at radius 2 is 1.86 bits per heavy atom. The quantitative estimate of drug-likeness (QED) is 0.468. The van der Waals surface area contributed by atoms with Crippen LogP contribution in [0.3, 0.4) is 0 Å². The maximum Gasteiger partial charge on any atom is 0.252 e. The standard InChI is InChI=1S/C24H20N2OS/c1-4-12-26-21-13-16(2)17(3)14-22(21)28-24(26)25-23(27)15-19-10-7-9-18-8-5-6-11-20(18)19/h1,5-11,13-14H,12,15H2,2-3H3. The fourth-order valence-electron chi connectivity index (χ4n) is 3.41. The molecule has 1 heterocycles. The summed E-state index contributed by atoms with van der Waals surface area (Å²) in [5, 5.41) is 2.22. The van der Waals surface area contributed by atoms with Crippen LogP contribution < -0.4 is 4.80 Å². The number of carbonyl (C=O) groups excluding carboxylic acids is 1. The van der Waals surface area contributed by atoms with E-state index in [0.29, 0.717) is 11.3 Å². The molecule has 0 fully saturated rings. The van der Waals surface area contributed by atoms with Crippen molar-refractivity contribution < 1.29 is 4.79 Å². The van der Waals surface area contributed by atoms with Crippen LogP contribution in [0.1, 0.15) is 16.7 Å². The predicted molar refractivity (Wildman–Crippen MR) is 116 cm³/mol. The van der Waals surface area contributed by atoms with E-state index in [1.165, 1.54) is 22.5 Å². The molecule has 3 aromatic carbocycles. The Balaban J connectivity index is 1.77.